The number of hydrogen-bond donors (Lipinski definition) is 0. The molecule has 0 radical (unpaired) electrons. The summed E-state index contributed by atoms with van der Waals surface area (Å²) < 4.78 is 4.53. The maximum absolute atomic E-state index is 5.22. The van der Waals surface area contributed by atoms with Crippen LogP contribution < -0.4 is 0 Å². The minimum Gasteiger partial charge on any atom is -0.309 e. The summed E-state index contributed by atoms with van der Waals surface area (Å²) in [5.74, 6) is 0.613. The number of benzene rings is 7. The van der Waals surface area contributed by atoms with Crippen LogP contribution in [0.1, 0.15) is 0 Å². The highest BCUT2D eigenvalue weighted by Crippen LogP contribution is 2.41. The third kappa shape index (κ3) is 5.16. The molecule has 0 saturated heterocycles. The van der Waals surface area contributed by atoms with E-state index in [9.17, 15) is 0 Å². The number of para-hydroxylation sites is 4. The van der Waals surface area contributed by atoms with Gasteiger partial charge in [-0.25, -0.2) is 9.97 Å². The second kappa shape index (κ2) is 12.7. The SMILES string of the molecule is c1ccc(-c2cc(-c3ccccc3)nc(-n3c4ccccc4c4ccc(-c5nnc(-c6cccc7c8ccccc8n(-c8ccccc8)c67)s5)cc43)n2)cc1. The molecule has 11 rings (SSSR count). The van der Waals surface area contributed by atoms with Crippen LogP contribution in [0.25, 0.3) is 98.9 Å². The molecule has 0 aliphatic rings. The zero-order valence-electron chi connectivity index (χ0n) is 29.4. The molecule has 0 N–H and O–H groups in total. The highest BCUT2D eigenvalue weighted by atomic mass is 32.1. The van der Waals surface area contributed by atoms with Crippen LogP contribution in [0.4, 0.5) is 0 Å². The smallest absolute Gasteiger partial charge is 0.235 e. The van der Waals surface area contributed by atoms with Crippen LogP contribution in [0.3, 0.4) is 0 Å². The van der Waals surface area contributed by atoms with Gasteiger partial charge in [0, 0.05) is 49.5 Å². The van der Waals surface area contributed by atoms with Crippen molar-refractivity contribution in [2.45, 2.75) is 0 Å². The fourth-order valence-corrected chi connectivity index (χ4v) is 8.72. The average molecular weight is 723 g/mol. The molecule has 11 aromatic rings. The maximum Gasteiger partial charge on any atom is 0.235 e. The second-order valence-electron chi connectivity index (χ2n) is 13.6. The molecule has 4 heterocycles. The van der Waals surface area contributed by atoms with Crippen LogP contribution in [-0.4, -0.2) is 29.3 Å². The standard InChI is InChI=1S/C48H30N6S/c1-4-15-31(16-5-1)40-30-41(32-17-6-2-7-18-32)50-48(49-40)54-43-26-13-10-21-35(43)37-28-27-33(29-44(37)54)46-51-52-47(55-46)39-24-14-23-38-36-22-11-12-25-42(36)53(45(38)39)34-19-8-3-9-20-34/h1-30H. The van der Waals surface area contributed by atoms with Gasteiger partial charge in [-0.3, -0.25) is 4.57 Å². The van der Waals surface area contributed by atoms with Gasteiger partial charge in [0.2, 0.25) is 5.95 Å². The maximum atomic E-state index is 5.22. The van der Waals surface area contributed by atoms with Gasteiger partial charge >= 0.3 is 0 Å². The lowest BCUT2D eigenvalue weighted by Crippen LogP contribution is -2.04. The number of rotatable bonds is 6. The molecule has 0 amide bonds. The number of fused-ring (bicyclic) bond motifs is 6. The van der Waals surface area contributed by atoms with E-state index in [2.05, 4.69) is 155 Å². The molecule has 55 heavy (non-hydrogen) atoms. The van der Waals surface area contributed by atoms with E-state index in [1.807, 2.05) is 36.4 Å². The summed E-state index contributed by atoms with van der Waals surface area (Å²) in [6.07, 6.45) is 0. The van der Waals surface area contributed by atoms with Gasteiger partial charge in [0.25, 0.3) is 0 Å². The Hall–Kier alpha value is -7.22. The lowest BCUT2D eigenvalue weighted by Gasteiger charge is -2.12. The normalized spacial score (nSPS) is 11.6. The Bertz CT molecular complexity index is 3140. The average Bonchev–Trinajstić information content (AvgIpc) is 3.98. The summed E-state index contributed by atoms with van der Waals surface area (Å²) in [5, 5.41) is 16.0. The van der Waals surface area contributed by atoms with Gasteiger partial charge < -0.3 is 4.57 Å². The summed E-state index contributed by atoms with van der Waals surface area (Å²) in [6, 6.07) is 63.3. The Balaban J connectivity index is 1.10. The molecule has 0 aliphatic carbocycles. The first-order chi connectivity index (χ1) is 27.3. The largest absolute Gasteiger partial charge is 0.309 e. The summed E-state index contributed by atoms with van der Waals surface area (Å²) in [6.45, 7) is 0. The predicted molar refractivity (Wildman–Crippen MR) is 226 cm³/mol. The van der Waals surface area contributed by atoms with E-state index >= 15 is 0 Å². The summed E-state index contributed by atoms with van der Waals surface area (Å²) >= 11 is 1.61. The van der Waals surface area contributed by atoms with Gasteiger partial charge in [-0.15, -0.1) is 10.2 Å². The first-order valence-corrected chi connectivity index (χ1v) is 19.1. The molecule has 0 bridgehead atoms. The van der Waals surface area contributed by atoms with E-state index in [-0.39, 0.29) is 0 Å². The molecule has 4 aromatic heterocycles. The molecule has 0 unspecified atom stereocenters. The topological polar surface area (TPSA) is 61.4 Å². The van der Waals surface area contributed by atoms with Crippen molar-refractivity contribution >= 4 is 54.9 Å². The Morgan fingerprint density at radius 3 is 1.62 bits per heavy atom. The Morgan fingerprint density at radius 2 is 0.927 bits per heavy atom. The van der Waals surface area contributed by atoms with Crippen LogP contribution >= 0.6 is 11.3 Å². The molecule has 0 fully saturated rings. The van der Waals surface area contributed by atoms with Gasteiger partial charge in [-0.1, -0.05) is 151 Å². The van der Waals surface area contributed by atoms with Gasteiger partial charge in [0.05, 0.1) is 33.5 Å². The van der Waals surface area contributed by atoms with Crippen LogP contribution in [0.5, 0.6) is 0 Å². The van der Waals surface area contributed by atoms with Crippen molar-refractivity contribution in [3.05, 3.63) is 182 Å². The van der Waals surface area contributed by atoms with Crippen molar-refractivity contribution in [2.75, 3.05) is 0 Å². The molecule has 258 valence electrons. The van der Waals surface area contributed by atoms with Crippen LogP contribution in [0.15, 0.2) is 182 Å². The fourth-order valence-electron chi connectivity index (χ4n) is 7.85. The van der Waals surface area contributed by atoms with Crippen molar-refractivity contribution in [1.29, 1.82) is 0 Å². The lowest BCUT2D eigenvalue weighted by molar-refractivity contribution is 0.995. The molecule has 7 aromatic carbocycles. The molecule has 0 atom stereocenters. The first kappa shape index (κ1) is 31.3. The minimum atomic E-state index is 0.613. The molecule has 7 heteroatoms. The van der Waals surface area contributed by atoms with Crippen molar-refractivity contribution in [3.63, 3.8) is 0 Å². The van der Waals surface area contributed by atoms with E-state index < -0.39 is 0 Å². The minimum absolute atomic E-state index is 0.613. The Morgan fingerprint density at radius 1 is 0.382 bits per heavy atom. The molecule has 0 spiro atoms. The molecule has 0 aliphatic heterocycles. The molecular formula is C48H30N6S. The first-order valence-electron chi connectivity index (χ1n) is 18.2. The monoisotopic (exact) mass is 722 g/mol. The Labute approximate surface area is 320 Å². The van der Waals surface area contributed by atoms with Crippen LogP contribution in [0, 0.1) is 0 Å². The van der Waals surface area contributed by atoms with Gasteiger partial charge in [-0.05, 0) is 42.5 Å². The van der Waals surface area contributed by atoms with Crippen LogP contribution in [0.2, 0.25) is 0 Å². The highest BCUT2D eigenvalue weighted by Gasteiger charge is 2.21. The third-order valence-corrected chi connectivity index (χ3v) is 11.3. The molecular weight excluding hydrogens is 693 g/mol. The number of hydrogen-bond acceptors (Lipinski definition) is 5. The molecule has 6 nitrogen and oxygen atoms in total. The number of aromatic nitrogens is 6. The van der Waals surface area contributed by atoms with E-state index in [4.69, 9.17) is 20.2 Å². The summed E-state index contributed by atoms with van der Waals surface area (Å²) in [7, 11) is 0. The van der Waals surface area contributed by atoms with Gasteiger partial charge in [0.1, 0.15) is 10.0 Å². The van der Waals surface area contributed by atoms with Gasteiger partial charge in [-0.2, -0.15) is 0 Å². The highest BCUT2D eigenvalue weighted by molar-refractivity contribution is 7.18. The molecule has 0 saturated carbocycles. The summed E-state index contributed by atoms with van der Waals surface area (Å²) in [4.78, 5) is 10.4. The fraction of sp³-hybridized carbons (Fsp3) is 0. The quantitative estimate of drug-likeness (QED) is 0.171. The van der Waals surface area contributed by atoms with E-state index in [1.165, 1.54) is 10.8 Å². The van der Waals surface area contributed by atoms with Crippen molar-refractivity contribution in [3.8, 4) is 55.3 Å². The van der Waals surface area contributed by atoms with E-state index in [1.54, 1.807) is 11.3 Å². The number of nitrogens with zero attached hydrogens (tertiary/aromatic N) is 6. The van der Waals surface area contributed by atoms with E-state index in [0.29, 0.717) is 5.95 Å². The second-order valence-corrected chi connectivity index (χ2v) is 14.5. The van der Waals surface area contributed by atoms with E-state index in [0.717, 1.165) is 82.2 Å². The zero-order chi connectivity index (χ0) is 36.3. The van der Waals surface area contributed by atoms with Crippen LogP contribution in [-0.2, 0) is 0 Å². The van der Waals surface area contributed by atoms with Crippen molar-refractivity contribution < 1.29 is 0 Å². The summed E-state index contributed by atoms with van der Waals surface area (Å²) in [5.41, 5.74) is 11.3. The van der Waals surface area contributed by atoms with Gasteiger partial charge in [0.15, 0.2) is 0 Å². The predicted octanol–water partition coefficient (Wildman–Crippen LogP) is 12.2. The van der Waals surface area contributed by atoms with Crippen molar-refractivity contribution in [2.24, 2.45) is 0 Å². The lowest BCUT2D eigenvalue weighted by atomic mass is 10.1. The zero-order valence-corrected chi connectivity index (χ0v) is 30.2. The third-order valence-electron chi connectivity index (χ3n) is 10.3. The Kier molecular flexibility index (Phi) is 7.25. The van der Waals surface area contributed by atoms with Crippen molar-refractivity contribution in [1.82, 2.24) is 29.3 Å².